The largest absolute Gasteiger partial charge is 0.493 e. The van der Waals surface area contributed by atoms with Gasteiger partial charge in [-0.2, -0.15) is 0 Å². The highest BCUT2D eigenvalue weighted by molar-refractivity contribution is 6.33. The summed E-state index contributed by atoms with van der Waals surface area (Å²) in [6, 6.07) is 9.87. The van der Waals surface area contributed by atoms with Crippen LogP contribution in [0.25, 0.3) is 11.1 Å². The monoisotopic (exact) mass is 292 g/mol. The summed E-state index contributed by atoms with van der Waals surface area (Å²) in [5.41, 5.74) is 1.57. The number of halogens is 1. The van der Waals surface area contributed by atoms with Gasteiger partial charge in [0.15, 0.2) is 11.5 Å². The van der Waals surface area contributed by atoms with Gasteiger partial charge in [-0.3, -0.25) is 0 Å². The standard InChI is InChI=1S/C15H13ClO4/c1-19-13-6-4-9(8-14(13)20-2)11-7-10(15(17)18)3-5-12(11)16/h3-8H,1-2H3,(H,17,18). The second kappa shape index (κ2) is 5.84. The van der Waals surface area contributed by atoms with Crippen molar-refractivity contribution in [1.29, 1.82) is 0 Å². The van der Waals surface area contributed by atoms with E-state index >= 15 is 0 Å². The number of rotatable bonds is 4. The van der Waals surface area contributed by atoms with E-state index in [1.54, 1.807) is 31.4 Å². The zero-order valence-electron chi connectivity index (χ0n) is 11.0. The SMILES string of the molecule is COc1ccc(-c2cc(C(=O)O)ccc2Cl)cc1OC. The molecule has 0 unspecified atom stereocenters. The maximum atomic E-state index is 11.0. The van der Waals surface area contributed by atoms with Crippen LogP contribution >= 0.6 is 11.6 Å². The molecule has 0 fully saturated rings. The predicted molar refractivity (Wildman–Crippen MR) is 77.0 cm³/mol. The van der Waals surface area contributed by atoms with Gasteiger partial charge in [-0.15, -0.1) is 0 Å². The van der Waals surface area contributed by atoms with Crippen LogP contribution in [0.5, 0.6) is 11.5 Å². The Morgan fingerprint density at radius 2 is 1.75 bits per heavy atom. The van der Waals surface area contributed by atoms with Gasteiger partial charge in [-0.05, 0) is 35.9 Å². The minimum absolute atomic E-state index is 0.180. The van der Waals surface area contributed by atoms with Crippen molar-refractivity contribution >= 4 is 17.6 Å². The maximum absolute atomic E-state index is 11.0. The van der Waals surface area contributed by atoms with Crippen molar-refractivity contribution in [3.8, 4) is 22.6 Å². The van der Waals surface area contributed by atoms with Crippen LogP contribution in [0.1, 0.15) is 10.4 Å². The van der Waals surface area contributed by atoms with E-state index in [2.05, 4.69) is 0 Å². The summed E-state index contributed by atoms with van der Waals surface area (Å²) in [7, 11) is 3.09. The number of hydrogen-bond donors (Lipinski definition) is 1. The minimum Gasteiger partial charge on any atom is -0.493 e. The van der Waals surface area contributed by atoms with Crippen LogP contribution in [0.4, 0.5) is 0 Å². The first kappa shape index (κ1) is 14.2. The molecule has 0 aliphatic rings. The normalized spacial score (nSPS) is 10.2. The molecule has 20 heavy (non-hydrogen) atoms. The Morgan fingerprint density at radius 1 is 1.05 bits per heavy atom. The molecule has 0 amide bonds. The lowest BCUT2D eigenvalue weighted by Crippen LogP contribution is -1.97. The third kappa shape index (κ3) is 2.70. The topological polar surface area (TPSA) is 55.8 Å². The molecule has 2 aromatic rings. The fraction of sp³-hybridized carbons (Fsp3) is 0.133. The number of ether oxygens (including phenoxy) is 2. The average Bonchev–Trinajstić information content (AvgIpc) is 2.46. The number of hydrogen-bond acceptors (Lipinski definition) is 3. The summed E-state index contributed by atoms with van der Waals surface area (Å²) >= 11 is 6.14. The first-order chi connectivity index (χ1) is 9.56. The molecule has 0 saturated heterocycles. The van der Waals surface area contributed by atoms with Crippen molar-refractivity contribution in [2.75, 3.05) is 14.2 Å². The Bertz CT molecular complexity index is 652. The first-order valence-corrected chi connectivity index (χ1v) is 6.20. The van der Waals surface area contributed by atoms with Crippen molar-refractivity contribution < 1.29 is 19.4 Å². The van der Waals surface area contributed by atoms with E-state index in [4.69, 9.17) is 26.2 Å². The van der Waals surface area contributed by atoms with Crippen LogP contribution in [-0.2, 0) is 0 Å². The number of aromatic carboxylic acids is 1. The molecular weight excluding hydrogens is 280 g/mol. The second-order valence-electron chi connectivity index (χ2n) is 4.07. The van der Waals surface area contributed by atoms with Crippen LogP contribution in [0.15, 0.2) is 36.4 Å². The van der Waals surface area contributed by atoms with Crippen molar-refractivity contribution in [3.05, 3.63) is 47.0 Å². The van der Waals surface area contributed by atoms with Gasteiger partial charge in [0.05, 0.1) is 19.8 Å². The fourth-order valence-electron chi connectivity index (χ4n) is 1.88. The Labute approximate surface area is 121 Å². The van der Waals surface area contributed by atoms with Gasteiger partial charge in [0.2, 0.25) is 0 Å². The van der Waals surface area contributed by atoms with Crippen molar-refractivity contribution in [2.45, 2.75) is 0 Å². The lowest BCUT2D eigenvalue weighted by Gasteiger charge is -2.11. The third-order valence-electron chi connectivity index (χ3n) is 2.91. The molecule has 0 aliphatic carbocycles. The van der Waals surface area contributed by atoms with Crippen molar-refractivity contribution in [1.82, 2.24) is 0 Å². The highest BCUT2D eigenvalue weighted by Crippen LogP contribution is 2.35. The zero-order valence-corrected chi connectivity index (χ0v) is 11.8. The van der Waals surface area contributed by atoms with Gasteiger partial charge in [-0.1, -0.05) is 17.7 Å². The molecule has 0 aromatic heterocycles. The molecule has 5 heteroatoms. The summed E-state index contributed by atoms with van der Waals surface area (Å²) in [6.07, 6.45) is 0. The number of methoxy groups -OCH3 is 2. The Balaban J connectivity index is 2.56. The molecule has 2 rings (SSSR count). The molecule has 104 valence electrons. The van der Waals surface area contributed by atoms with Crippen LogP contribution in [-0.4, -0.2) is 25.3 Å². The lowest BCUT2D eigenvalue weighted by molar-refractivity contribution is 0.0697. The van der Waals surface area contributed by atoms with E-state index in [1.165, 1.54) is 19.2 Å². The van der Waals surface area contributed by atoms with Gasteiger partial charge < -0.3 is 14.6 Å². The third-order valence-corrected chi connectivity index (χ3v) is 3.24. The van der Waals surface area contributed by atoms with Gasteiger partial charge in [0.1, 0.15) is 0 Å². The van der Waals surface area contributed by atoms with Gasteiger partial charge in [-0.25, -0.2) is 4.79 Å². The second-order valence-corrected chi connectivity index (χ2v) is 4.48. The number of benzene rings is 2. The van der Waals surface area contributed by atoms with Gasteiger partial charge in [0, 0.05) is 10.6 Å². The summed E-state index contributed by atoms with van der Waals surface area (Å²) in [5, 5.41) is 9.52. The zero-order chi connectivity index (χ0) is 14.7. The quantitative estimate of drug-likeness (QED) is 0.933. The lowest BCUT2D eigenvalue weighted by atomic mass is 10.0. The van der Waals surface area contributed by atoms with E-state index in [9.17, 15) is 4.79 Å². The number of carboxylic acid groups (broad SMARTS) is 1. The highest BCUT2D eigenvalue weighted by atomic mass is 35.5. The average molecular weight is 293 g/mol. The van der Waals surface area contributed by atoms with Crippen molar-refractivity contribution in [3.63, 3.8) is 0 Å². The fourth-order valence-corrected chi connectivity index (χ4v) is 2.11. The van der Waals surface area contributed by atoms with E-state index < -0.39 is 5.97 Å². The maximum Gasteiger partial charge on any atom is 0.335 e. The molecule has 0 saturated carbocycles. The first-order valence-electron chi connectivity index (χ1n) is 5.82. The smallest absolute Gasteiger partial charge is 0.335 e. The molecule has 0 heterocycles. The van der Waals surface area contributed by atoms with Crippen LogP contribution < -0.4 is 9.47 Å². The van der Waals surface area contributed by atoms with Crippen LogP contribution in [0.3, 0.4) is 0 Å². The van der Waals surface area contributed by atoms with E-state index in [0.29, 0.717) is 22.1 Å². The van der Waals surface area contributed by atoms with Crippen LogP contribution in [0.2, 0.25) is 5.02 Å². The van der Waals surface area contributed by atoms with E-state index in [-0.39, 0.29) is 5.56 Å². The minimum atomic E-state index is -0.997. The van der Waals surface area contributed by atoms with Crippen LogP contribution in [0, 0.1) is 0 Å². The summed E-state index contributed by atoms with van der Waals surface area (Å²) in [6.45, 7) is 0. The summed E-state index contributed by atoms with van der Waals surface area (Å²) in [4.78, 5) is 11.0. The predicted octanol–water partition coefficient (Wildman–Crippen LogP) is 3.72. The van der Waals surface area contributed by atoms with Gasteiger partial charge in [0.25, 0.3) is 0 Å². The molecule has 0 radical (unpaired) electrons. The van der Waals surface area contributed by atoms with Crippen molar-refractivity contribution in [2.24, 2.45) is 0 Å². The molecule has 0 aliphatic heterocycles. The molecule has 1 N–H and O–H groups in total. The Morgan fingerprint density at radius 3 is 2.35 bits per heavy atom. The van der Waals surface area contributed by atoms with Gasteiger partial charge >= 0.3 is 5.97 Å². The number of carboxylic acids is 1. The molecule has 2 aromatic carbocycles. The van der Waals surface area contributed by atoms with E-state index in [1.807, 2.05) is 0 Å². The Hall–Kier alpha value is -2.20. The summed E-state index contributed by atoms with van der Waals surface area (Å²) in [5.74, 6) is 0.159. The van der Waals surface area contributed by atoms with E-state index in [0.717, 1.165) is 5.56 Å². The molecule has 0 spiro atoms. The highest BCUT2D eigenvalue weighted by Gasteiger charge is 2.11. The molecule has 0 bridgehead atoms. The molecule has 0 atom stereocenters. The molecular formula is C15H13ClO4. The summed E-state index contributed by atoms with van der Waals surface area (Å²) < 4.78 is 10.4. The Kier molecular flexibility index (Phi) is 4.15. The number of carbonyl (C=O) groups is 1. The molecule has 4 nitrogen and oxygen atoms in total.